The van der Waals surface area contributed by atoms with Gasteiger partial charge < -0.3 is 15.0 Å². The summed E-state index contributed by atoms with van der Waals surface area (Å²) in [5.41, 5.74) is 6.52. The number of rotatable bonds is 4. The molecule has 0 unspecified atom stereocenters. The van der Waals surface area contributed by atoms with Crippen molar-refractivity contribution < 1.29 is 9.53 Å². The molecule has 118 valence electrons. The first-order valence-electron chi connectivity index (χ1n) is 8.22. The number of aryl methyl sites for hydroxylation is 1. The highest BCUT2D eigenvalue weighted by Gasteiger charge is 2.25. The quantitative estimate of drug-likeness (QED) is 0.863. The Labute approximate surface area is 126 Å². The van der Waals surface area contributed by atoms with Gasteiger partial charge in [0.1, 0.15) is 11.6 Å². The maximum Gasteiger partial charge on any atom is 0.360 e. The molecule has 5 nitrogen and oxygen atoms in total. The molecule has 0 spiro atoms. The van der Waals surface area contributed by atoms with Gasteiger partial charge in [0, 0.05) is 12.5 Å². The van der Waals surface area contributed by atoms with Crippen molar-refractivity contribution in [1.82, 2.24) is 9.55 Å². The Balaban J connectivity index is 2.30. The van der Waals surface area contributed by atoms with Crippen molar-refractivity contribution in [2.45, 2.75) is 71.3 Å². The molecule has 1 aliphatic rings. The number of hydrogen-bond donors (Lipinski definition) is 1. The van der Waals surface area contributed by atoms with E-state index in [1.54, 1.807) is 6.92 Å². The zero-order valence-electron chi connectivity index (χ0n) is 13.2. The van der Waals surface area contributed by atoms with Gasteiger partial charge in [0.05, 0.1) is 6.61 Å². The van der Waals surface area contributed by atoms with Gasteiger partial charge in [-0.3, -0.25) is 0 Å². The van der Waals surface area contributed by atoms with Gasteiger partial charge in [-0.1, -0.05) is 39.0 Å². The number of carbonyl (C=O) groups excluding carboxylic acids is 1. The van der Waals surface area contributed by atoms with E-state index >= 15 is 0 Å². The smallest absolute Gasteiger partial charge is 0.360 e. The minimum absolute atomic E-state index is 0.288. The number of carbonyl (C=O) groups is 1. The van der Waals surface area contributed by atoms with E-state index in [2.05, 4.69) is 16.5 Å². The van der Waals surface area contributed by atoms with Gasteiger partial charge in [-0.25, -0.2) is 9.78 Å². The fraction of sp³-hybridized carbons (Fsp3) is 0.750. The van der Waals surface area contributed by atoms with Crippen LogP contribution < -0.4 is 5.73 Å². The summed E-state index contributed by atoms with van der Waals surface area (Å²) in [6.45, 7) is 4.19. The molecule has 0 saturated heterocycles. The van der Waals surface area contributed by atoms with Crippen LogP contribution in [0, 0.1) is 0 Å². The molecular formula is C16H27N3O2. The van der Waals surface area contributed by atoms with Gasteiger partial charge in [0.2, 0.25) is 0 Å². The number of nitrogens with zero attached hydrogens (tertiary/aromatic N) is 2. The monoisotopic (exact) mass is 293 g/mol. The normalized spacial score (nSPS) is 17.2. The van der Waals surface area contributed by atoms with E-state index in [9.17, 15) is 4.79 Å². The lowest BCUT2D eigenvalue weighted by atomic mass is 9.96. The lowest BCUT2D eigenvalue weighted by Crippen LogP contribution is -2.16. The Morgan fingerprint density at radius 2 is 1.86 bits per heavy atom. The molecule has 0 atom stereocenters. The van der Waals surface area contributed by atoms with Crippen molar-refractivity contribution in [3.8, 4) is 0 Å². The average molecular weight is 293 g/mol. The third kappa shape index (κ3) is 3.57. The van der Waals surface area contributed by atoms with Crippen molar-refractivity contribution in [1.29, 1.82) is 0 Å². The first-order valence-corrected chi connectivity index (χ1v) is 8.22. The predicted octanol–water partition coefficient (Wildman–Crippen LogP) is 3.49. The Bertz CT molecular complexity index is 474. The zero-order valence-corrected chi connectivity index (χ0v) is 13.2. The standard InChI is InChI=1S/C16H27N3O2/c1-3-13-18-14(16(20)21-4-2)15(17)19(13)12-10-8-6-5-7-9-11-12/h12H,3-11,17H2,1-2H3. The van der Waals surface area contributed by atoms with Crippen LogP contribution in [0.4, 0.5) is 5.82 Å². The summed E-state index contributed by atoms with van der Waals surface area (Å²) in [5.74, 6) is 0.978. The SMILES string of the molecule is CCOC(=O)c1nc(CC)n(C2CCCCCCC2)c1N. The summed E-state index contributed by atoms with van der Waals surface area (Å²) in [6, 6.07) is 0.371. The molecule has 1 aliphatic carbocycles. The van der Waals surface area contributed by atoms with E-state index in [0.29, 0.717) is 18.5 Å². The molecule has 0 amide bonds. The fourth-order valence-electron chi connectivity index (χ4n) is 3.19. The summed E-state index contributed by atoms with van der Waals surface area (Å²) >= 11 is 0. The van der Waals surface area contributed by atoms with Crippen LogP contribution in [0.25, 0.3) is 0 Å². The summed E-state index contributed by atoms with van der Waals surface area (Å²) in [5, 5.41) is 0. The number of hydrogen-bond acceptors (Lipinski definition) is 4. The lowest BCUT2D eigenvalue weighted by molar-refractivity contribution is 0.0521. The molecular weight excluding hydrogens is 266 g/mol. The second kappa shape index (κ2) is 7.48. The molecule has 21 heavy (non-hydrogen) atoms. The molecule has 1 aromatic heterocycles. The van der Waals surface area contributed by atoms with E-state index in [4.69, 9.17) is 10.5 Å². The van der Waals surface area contributed by atoms with Crippen LogP contribution in [0.3, 0.4) is 0 Å². The van der Waals surface area contributed by atoms with Crippen LogP contribution in [0.5, 0.6) is 0 Å². The van der Waals surface area contributed by atoms with Crippen molar-refractivity contribution in [2.75, 3.05) is 12.3 Å². The van der Waals surface area contributed by atoms with Gasteiger partial charge in [-0.2, -0.15) is 0 Å². The van der Waals surface area contributed by atoms with Gasteiger partial charge in [-0.15, -0.1) is 0 Å². The second-order valence-corrected chi connectivity index (χ2v) is 5.70. The van der Waals surface area contributed by atoms with Crippen LogP contribution >= 0.6 is 0 Å². The number of nitrogen functional groups attached to an aromatic ring is 1. The molecule has 1 heterocycles. The van der Waals surface area contributed by atoms with Crippen LogP contribution in [0.1, 0.15) is 81.1 Å². The lowest BCUT2D eigenvalue weighted by Gasteiger charge is -2.24. The summed E-state index contributed by atoms with van der Waals surface area (Å²) in [4.78, 5) is 16.4. The number of esters is 1. The molecule has 5 heteroatoms. The number of imidazole rings is 1. The minimum Gasteiger partial charge on any atom is -0.461 e. The first-order chi connectivity index (χ1) is 10.2. The third-order valence-corrected chi connectivity index (χ3v) is 4.25. The Morgan fingerprint density at radius 1 is 1.24 bits per heavy atom. The highest BCUT2D eigenvalue weighted by Crippen LogP contribution is 2.31. The Morgan fingerprint density at radius 3 is 2.43 bits per heavy atom. The fourth-order valence-corrected chi connectivity index (χ4v) is 3.19. The maximum atomic E-state index is 12.0. The molecule has 1 fully saturated rings. The minimum atomic E-state index is -0.408. The molecule has 1 aromatic rings. The molecule has 1 saturated carbocycles. The summed E-state index contributed by atoms with van der Waals surface area (Å²) in [7, 11) is 0. The number of nitrogens with two attached hydrogens (primary N) is 1. The molecule has 0 radical (unpaired) electrons. The van der Waals surface area contributed by atoms with E-state index in [0.717, 1.165) is 25.1 Å². The van der Waals surface area contributed by atoms with Gasteiger partial charge in [-0.05, 0) is 19.8 Å². The Kier molecular flexibility index (Phi) is 5.65. The molecule has 2 rings (SSSR count). The molecule has 2 N–H and O–H groups in total. The van der Waals surface area contributed by atoms with Crippen LogP contribution in [-0.4, -0.2) is 22.1 Å². The highest BCUT2D eigenvalue weighted by atomic mass is 16.5. The van der Waals surface area contributed by atoms with Crippen LogP contribution in [-0.2, 0) is 11.2 Å². The Hall–Kier alpha value is -1.52. The number of anilines is 1. The van der Waals surface area contributed by atoms with E-state index in [-0.39, 0.29) is 5.69 Å². The molecule has 0 bridgehead atoms. The van der Waals surface area contributed by atoms with Crippen molar-refractivity contribution in [3.63, 3.8) is 0 Å². The van der Waals surface area contributed by atoms with E-state index in [1.807, 2.05) is 0 Å². The van der Waals surface area contributed by atoms with Gasteiger partial charge >= 0.3 is 5.97 Å². The van der Waals surface area contributed by atoms with Gasteiger partial charge in [0.15, 0.2) is 5.69 Å². The molecule has 0 aromatic carbocycles. The molecule has 0 aliphatic heterocycles. The van der Waals surface area contributed by atoms with Gasteiger partial charge in [0.25, 0.3) is 0 Å². The van der Waals surface area contributed by atoms with E-state index < -0.39 is 5.97 Å². The van der Waals surface area contributed by atoms with Crippen molar-refractivity contribution in [3.05, 3.63) is 11.5 Å². The first kappa shape index (κ1) is 15.9. The highest BCUT2D eigenvalue weighted by molar-refractivity contribution is 5.92. The van der Waals surface area contributed by atoms with E-state index in [1.165, 1.54) is 32.1 Å². The average Bonchev–Trinajstić information content (AvgIpc) is 2.76. The van der Waals surface area contributed by atoms with Crippen LogP contribution in [0.15, 0.2) is 0 Å². The third-order valence-electron chi connectivity index (χ3n) is 4.25. The summed E-state index contributed by atoms with van der Waals surface area (Å²) < 4.78 is 7.15. The summed E-state index contributed by atoms with van der Waals surface area (Å²) in [6.07, 6.45) is 9.38. The number of aromatic nitrogens is 2. The zero-order chi connectivity index (χ0) is 15.2. The second-order valence-electron chi connectivity index (χ2n) is 5.70. The predicted molar refractivity (Wildman–Crippen MR) is 83.3 cm³/mol. The van der Waals surface area contributed by atoms with Crippen molar-refractivity contribution in [2.24, 2.45) is 0 Å². The largest absolute Gasteiger partial charge is 0.461 e. The topological polar surface area (TPSA) is 70.1 Å². The van der Waals surface area contributed by atoms with Crippen molar-refractivity contribution >= 4 is 11.8 Å². The number of ether oxygens (including phenoxy) is 1. The van der Waals surface area contributed by atoms with Crippen LogP contribution in [0.2, 0.25) is 0 Å². The maximum absolute atomic E-state index is 12.0.